The molecule has 46 heavy (non-hydrogen) atoms. The van der Waals surface area contributed by atoms with Crippen LogP contribution in [0.15, 0.2) is 158 Å². The van der Waals surface area contributed by atoms with Crippen LogP contribution < -0.4 is 21.2 Å². The van der Waals surface area contributed by atoms with Gasteiger partial charge in [0.2, 0.25) is 0 Å². The summed E-state index contributed by atoms with van der Waals surface area (Å²) in [6, 6.07) is 59.8. The molecule has 0 N–H and O–H groups in total. The summed E-state index contributed by atoms with van der Waals surface area (Å²) in [6.45, 7) is 4.35. The first-order valence-corrected chi connectivity index (χ1v) is 18.8. The van der Waals surface area contributed by atoms with Crippen LogP contribution >= 0.6 is 0 Å². The zero-order valence-electron chi connectivity index (χ0n) is 26.9. The number of hydrogen-bond donors (Lipinski definition) is 0. The van der Waals surface area contributed by atoms with Crippen LogP contribution in [-0.2, 0) is 10.8 Å². The van der Waals surface area contributed by atoms with Crippen molar-refractivity contribution in [2.45, 2.75) is 56.8 Å². The number of hydrogen-bond acceptors (Lipinski definition) is 0. The van der Waals surface area contributed by atoms with Crippen LogP contribution in [0.4, 0.5) is 0 Å². The van der Waals surface area contributed by atoms with Gasteiger partial charge in [-0.05, 0) is 0 Å². The van der Waals surface area contributed by atoms with Gasteiger partial charge in [0.05, 0.1) is 0 Å². The van der Waals surface area contributed by atoms with Crippen LogP contribution in [0.25, 0.3) is 0 Å². The fourth-order valence-electron chi connectivity index (χ4n) is 7.67. The molecule has 1 aliphatic carbocycles. The Labute approximate surface area is 285 Å². The van der Waals surface area contributed by atoms with Gasteiger partial charge in [-0.25, -0.2) is 0 Å². The average Bonchev–Trinajstić information content (AvgIpc) is 3.12. The van der Waals surface area contributed by atoms with Crippen molar-refractivity contribution in [3.8, 4) is 0 Å². The van der Waals surface area contributed by atoms with Crippen molar-refractivity contribution in [3.63, 3.8) is 0 Å². The number of aryl methyl sites for hydroxylation is 2. The maximum absolute atomic E-state index is 2.45. The Morgan fingerprint density at radius 2 is 0.783 bits per heavy atom. The van der Waals surface area contributed by atoms with E-state index in [0.717, 1.165) is 0 Å². The molecule has 0 atom stereocenters. The van der Waals surface area contributed by atoms with E-state index in [9.17, 15) is 0 Å². The van der Waals surface area contributed by atoms with Crippen molar-refractivity contribution in [1.29, 1.82) is 0 Å². The molecule has 6 aromatic carbocycles. The van der Waals surface area contributed by atoms with Crippen molar-refractivity contribution in [1.82, 2.24) is 0 Å². The summed E-state index contributed by atoms with van der Waals surface area (Å²) in [6.07, 6.45) is 6.47. The maximum atomic E-state index is 2.45. The zero-order chi connectivity index (χ0) is 31.4. The van der Waals surface area contributed by atoms with Gasteiger partial charge in [0, 0.05) is 0 Å². The fourth-order valence-corrected chi connectivity index (χ4v) is 9.83. The molecule has 0 amide bonds. The summed E-state index contributed by atoms with van der Waals surface area (Å²) in [4.78, 5) is 0. The van der Waals surface area contributed by atoms with E-state index in [4.69, 9.17) is 0 Å². The Balaban J connectivity index is 1.22. The molecule has 230 valence electrons. The molecule has 0 heterocycles. The van der Waals surface area contributed by atoms with Gasteiger partial charge in [0.15, 0.2) is 0 Å². The molecule has 7 rings (SSSR count). The summed E-state index contributed by atoms with van der Waals surface area (Å²) < 4.78 is 2.92. The van der Waals surface area contributed by atoms with Gasteiger partial charge < -0.3 is 0 Å². The van der Waals surface area contributed by atoms with Crippen LogP contribution in [0.2, 0.25) is 0 Å². The van der Waals surface area contributed by atoms with Gasteiger partial charge in [-0.3, -0.25) is 0 Å². The normalized spacial score (nSPS) is 14.7. The SMILES string of the molecule is Cc1ccc(C2(c3ccc([I-]c4ccc(C(c5ccccc5)(c5ccccc5)c5ccc(C)cc5)cc4)cc3)CCCCC2)cc1. The predicted octanol–water partition coefficient (Wildman–Crippen LogP) is 8.06. The minimum absolute atomic E-state index is 0.151. The van der Waals surface area contributed by atoms with E-state index in [1.807, 2.05) is 0 Å². The Bertz CT molecular complexity index is 1810. The molecule has 0 bridgehead atoms. The third-order valence-corrected chi connectivity index (χ3v) is 12.8. The molecular weight excluding hydrogens is 667 g/mol. The Kier molecular flexibility index (Phi) is 8.95. The average molecular weight is 710 g/mol. The van der Waals surface area contributed by atoms with Crippen LogP contribution in [-0.4, -0.2) is 0 Å². The van der Waals surface area contributed by atoms with Crippen molar-refractivity contribution >= 4 is 0 Å². The molecule has 1 heteroatoms. The second kappa shape index (κ2) is 13.4. The monoisotopic (exact) mass is 709 g/mol. The molecule has 1 aliphatic rings. The summed E-state index contributed by atoms with van der Waals surface area (Å²) in [7, 11) is 0. The summed E-state index contributed by atoms with van der Waals surface area (Å²) >= 11 is -0.299. The van der Waals surface area contributed by atoms with Crippen molar-refractivity contribution in [3.05, 3.63) is 209 Å². The molecule has 6 aromatic rings. The van der Waals surface area contributed by atoms with Gasteiger partial charge >= 0.3 is 287 Å². The van der Waals surface area contributed by atoms with Crippen molar-refractivity contribution in [2.24, 2.45) is 0 Å². The topological polar surface area (TPSA) is 0 Å². The second-order valence-corrected chi connectivity index (χ2v) is 16.0. The van der Waals surface area contributed by atoms with Crippen molar-refractivity contribution < 1.29 is 21.2 Å². The first kappa shape index (κ1) is 30.7. The van der Waals surface area contributed by atoms with Crippen LogP contribution in [0.3, 0.4) is 0 Å². The minimum atomic E-state index is -0.404. The Morgan fingerprint density at radius 3 is 1.26 bits per heavy atom. The molecule has 0 unspecified atom stereocenters. The molecular formula is C45H42I-. The van der Waals surface area contributed by atoms with Crippen molar-refractivity contribution in [2.75, 3.05) is 0 Å². The van der Waals surface area contributed by atoms with E-state index in [1.165, 1.54) is 83.8 Å². The molecule has 0 spiro atoms. The summed E-state index contributed by atoms with van der Waals surface area (Å²) in [5, 5.41) is 0. The van der Waals surface area contributed by atoms with E-state index in [0.29, 0.717) is 0 Å². The molecule has 1 fully saturated rings. The van der Waals surface area contributed by atoms with Gasteiger partial charge in [-0.15, -0.1) is 0 Å². The van der Waals surface area contributed by atoms with E-state index in [-0.39, 0.29) is 26.6 Å². The molecule has 1 saturated carbocycles. The third kappa shape index (κ3) is 5.86. The molecule has 0 aromatic heterocycles. The number of rotatable bonds is 8. The van der Waals surface area contributed by atoms with Gasteiger partial charge in [0.25, 0.3) is 0 Å². The third-order valence-electron chi connectivity index (χ3n) is 10.1. The first-order chi connectivity index (χ1) is 22.6. The van der Waals surface area contributed by atoms with E-state index in [1.54, 1.807) is 0 Å². The van der Waals surface area contributed by atoms with E-state index < -0.39 is 5.41 Å². The standard InChI is InChI=1S/C45H42I/c1-34-16-20-36(21-17-34)44(32-10-5-11-33-44)37-24-28-42(29-25-37)46-43-30-26-41(27-31-43)45(38-12-6-3-7-13-38,39-14-8-4-9-15-39)40-22-18-35(2)19-23-40/h3-4,6-9,12-31H,5,10-11,32-33H2,1-2H3/q-1. The first-order valence-electron chi connectivity index (χ1n) is 16.7. The number of halogens is 1. The second-order valence-electron chi connectivity index (χ2n) is 13.0. The van der Waals surface area contributed by atoms with E-state index in [2.05, 4.69) is 172 Å². The molecule has 0 aliphatic heterocycles. The van der Waals surface area contributed by atoms with E-state index >= 15 is 0 Å². The molecule has 0 radical (unpaired) electrons. The Hall–Kier alpha value is -3.95. The molecule has 0 nitrogen and oxygen atoms in total. The predicted molar refractivity (Wildman–Crippen MR) is 188 cm³/mol. The quantitative estimate of drug-likeness (QED) is 0.111. The fraction of sp³-hybridized carbons (Fsp3) is 0.200. The van der Waals surface area contributed by atoms with Gasteiger partial charge in [0.1, 0.15) is 0 Å². The Morgan fingerprint density at radius 1 is 0.413 bits per heavy atom. The van der Waals surface area contributed by atoms with Crippen LogP contribution in [0.1, 0.15) is 76.6 Å². The molecule has 0 saturated heterocycles. The summed E-state index contributed by atoms with van der Waals surface area (Å²) in [5.74, 6) is 0. The zero-order valence-corrected chi connectivity index (χ0v) is 29.1. The van der Waals surface area contributed by atoms with Gasteiger partial charge in [-0.1, -0.05) is 0 Å². The summed E-state index contributed by atoms with van der Waals surface area (Å²) in [5.41, 5.74) is 10.5. The van der Waals surface area contributed by atoms with Gasteiger partial charge in [-0.2, -0.15) is 0 Å². The van der Waals surface area contributed by atoms with Crippen LogP contribution in [0, 0.1) is 21.0 Å². The van der Waals surface area contributed by atoms with Crippen LogP contribution in [0.5, 0.6) is 0 Å². The number of benzene rings is 6.